The quantitative estimate of drug-likeness (QED) is 0.628. The molecule has 1 aromatic rings. The van der Waals surface area contributed by atoms with Gasteiger partial charge in [-0.1, -0.05) is 36.4 Å². The van der Waals surface area contributed by atoms with Gasteiger partial charge in [0.05, 0.1) is 6.04 Å². The summed E-state index contributed by atoms with van der Waals surface area (Å²) >= 11 is 1.46. The number of hydrogen-bond acceptors (Lipinski definition) is 5. The zero-order valence-corrected chi connectivity index (χ0v) is 15.4. The highest BCUT2D eigenvalue weighted by molar-refractivity contribution is 8.00. The highest BCUT2D eigenvalue weighted by atomic mass is 32.2. The number of aliphatic carboxylic acids is 1. The molecule has 3 aliphatic heterocycles. The number of thioether (sulfide) groups is 1. The summed E-state index contributed by atoms with van der Waals surface area (Å²) in [5.41, 5.74) is 1.53. The maximum atomic E-state index is 12.5. The van der Waals surface area contributed by atoms with Crippen molar-refractivity contribution in [1.29, 1.82) is 0 Å². The number of ether oxygens (including phenoxy) is 1. The lowest BCUT2D eigenvalue weighted by Gasteiger charge is -2.39. The van der Waals surface area contributed by atoms with Crippen molar-refractivity contribution in [2.45, 2.75) is 36.9 Å². The number of fused-ring (bicyclic) bond motifs is 1. The van der Waals surface area contributed by atoms with Crippen molar-refractivity contribution in [2.24, 2.45) is 0 Å². The van der Waals surface area contributed by atoms with E-state index in [1.807, 2.05) is 36.4 Å². The van der Waals surface area contributed by atoms with Crippen LogP contribution in [0.3, 0.4) is 0 Å². The minimum Gasteiger partial charge on any atom is -0.480 e. The van der Waals surface area contributed by atoms with Crippen LogP contribution in [-0.2, 0) is 20.9 Å². The Balaban J connectivity index is 1.40. The van der Waals surface area contributed by atoms with Crippen molar-refractivity contribution < 1.29 is 24.2 Å². The van der Waals surface area contributed by atoms with E-state index in [4.69, 9.17) is 4.74 Å². The van der Waals surface area contributed by atoms with E-state index < -0.39 is 12.0 Å². The van der Waals surface area contributed by atoms with Crippen LogP contribution in [0.2, 0.25) is 0 Å². The summed E-state index contributed by atoms with van der Waals surface area (Å²) in [6.07, 6.45) is 3.07. The van der Waals surface area contributed by atoms with Crippen molar-refractivity contribution in [1.82, 2.24) is 9.80 Å². The van der Waals surface area contributed by atoms with Crippen LogP contribution < -0.4 is 0 Å². The molecule has 2 amide bonds. The summed E-state index contributed by atoms with van der Waals surface area (Å²) < 4.78 is 5.42. The fourth-order valence-corrected chi connectivity index (χ4v) is 5.16. The van der Waals surface area contributed by atoms with Crippen LogP contribution in [0.4, 0.5) is 4.79 Å². The zero-order chi connectivity index (χ0) is 19.0. The Morgan fingerprint density at radius 2 is 2.07 bits per heavy atom. The van der Waals surface area contributed by atoms with Gasteiger partial charge in [0, 0.05) is 17.9 Å². The van der Waals surface area contributed by atoms with Gasteiger partial charge in [-0.3, -0.25) is 4.79 Å². The van der Waals surface area contributed by atoms with E-state index in [1.54, 1.807) is 4.90 Å². The monoisotopic (exact) mass is 388 g/mol. The maximum absolute atomic E-state index is 12.5. The van der Waals surface area contributed by atoms with E-state index >= 15 is 0 Å². The van der Waals surface area contributed by atoms with Gasteiger partial charge >= 0.3 is 12.1 Å². The fraction of sp³-hybridized carbons (Fsp3) is 0.421. The molecule has 3 saturated heterocycles. The SMILES string of the molecule is O=C(O)C1CS[C@@H]2C(=CC3CCCN3C(=O)OCc3ccccc3)C(=O)N12. The first-order chi connectivity index (χ1) is 13.1. The Kier molecular flexibility index (Phi) is 4.82. The topological polar surface area (TPSA) is 87.1 Å². The van der Waals surface area contributed by atoms with Crippen LogP contribution >= 0.6 is 11.8 Å². The van der Waals surface area contributed by atoms with E-state index in [0.29, 0.717) is 17.9 Å². The lowest BCUT2D eigenvalue weighted by molar-refractivity contribution is -0.150. The van der Waals surface area contributed by atoms with Crippen LogP contribution in [0, 0.1) is 0 Å². The van der Waals surface area contributed by atoms with Crippen LogP contribution in [0.25, 0.3) is 0 Å². The zero-order valence-electron chi connectivity index (χ0n) is 14.6. The van der Waals surface area contributed by atoms with Crippen molar-refractivity contribution in [3.63, 3.8) is 0 Å². The molecule has 27 heavy (non-hydrogen) atoms. The maximum Gasteiger partial charge on any atom is 0.410 e. The van der Waals surface area contributed by atoms with E-state index in [1.165, 1.54) is 16.7 Å². The molecule has 142 valence electrons. The number of amides is 2. The van der Waals surface area contributed by atoms with Crippen LogP contribution in [0.15, 0.2) is 42.0 Å². The van der Waals surface area contributed by atoms with Crippen molar-refractivity contribution in [2.75, 3.05) is 12.3 Å². The first kappa shape index (κ1) is 17.9. The number of carboxylic acid groups (broad SMARTS) is 1. The van der Waals surface area contributed by atoms with Gasteiger partial charge in [-0.15, -0.1) is 11.8 Å². The number of rotatable bonds is 4. The van der Waals surface area contributed by atoms with Crippen molar-refractivity contribution in [3.8, 4) is 0 Å². The van der Waals surface area contributed by atoms with Crippen LogP contribution in [-0.4, -0.2) is 62.6 Å². The number of carbonyl (C=O) groups is 3. The second-order valence-corrected chi connectivity index (χ2v) is 7.93. The van der Waals surface area contributed by atoms with Gasteiger partial charge in [0.15, 0.2) is 0 Å². The molecule has 0 aliphatic carbocycles. The molecule has 3 aliphatic rings. The minimum absolute atomic E-state index is 0.182. The molecule has 0 spiro atoms. The predicted octanol–water partition coefficient (Wildman–Crippen LogP) is 2.08. The molecule has 8 heteroatoms. The third-order valence-electron chi connectivity index (χ3n) is 5.14. The van der Waals surface area contributed by atoms with Crippen molar-refractivity contribution >= 4 is 29.7 Å². The summed E-state index contributed by atoms with van der Waals surface area (Å²) in [4.78, 5) is 39.1. The highest BCUT2D eigenvalue weighted by Crippen LogP contribution is 2.43. The molecular formula is C19H20N2O5S. The molecule has 7 nitrogen and oxygen atoms in total. The summed E-state index contributed by atoms with van der Waals surface area (Å²) in [6.45, 7) is 0.806. The molecule has 2 unspecified atom stereocenters. The van der Waals surface area contributed by atoms with Gasteiger partial charge in [-0.05, 0) is 18.4 Å². The molecule has 3 atom stereocenters. The molecule has 1 N–H and O–H groups in total. The number of β-lactam (4-membered cyclic amide) rings is 1. The second kappa shape index (κ2) is 7.26. The first-order valence-electron chi connectivity index (χ1n) is 8.92. The minimum atomic E-state index is -0.968. The van der Waals surface area contributed by atoms with E-state index in [-0.39, 0.29) is 30.0 Å². The van der Waals surface area contributed by atoms with Crippen molar-refractivity contribution in [3.05, 3.63) is 47.5 Å². The smallest absolute Gasteiger partial charge is 0.410 e. The molecule has 1 aromatic carbocycles. The number of nitrogens with zero attached hydrogens (tertiary/aromatic N) is 2. The number of carbonyl (C=O) groups excluding carboxylic acids is 2. The summed E-state index contributed by atoms with van der Waals surface area (Å²) in [5, 5.41) is 8.99. The third kappa shape index (κ3) is 3.29. The lowest BCUT2D eigenvalue weighted by Crippen LogP contribution is -2.56. The largest absolute Gasteiger partial charge is 0.480 e. The highest BCUT2D eigenvalue weighted by Gasteiger charge is 2.53. The second-order valence-electron chi connectivity index (χ2n) is 6.82. The first-order valence-corrected chi connectivity index (χ1v) is 9.97. The van der Waals surface area contributed by atoms with Gasteiger partial charge in [0.1, 0.15) is 18.0 Å². The average Bonchev–Trinajstić information content (AvgIpc) is 3.29. The Hall–Kier alpha value is -2.48. The van der Waals surface area contributed by atoms with Gasteiger partial charge in [0.2, 0.25) is 0 Å². The Morgan fingerprint density at radius 1 is 1.30 bits per heavy atom. The molecule has 0 aromatic heterocycles. The number of benzene rings is 1. The van der Waals surface area contributed by atoms with Gasteiger partial charge in [-0.25, -0.2) is 9.59 Å². The molecular weight excluding hydrogens is 368 g/mol. The Bertz CT molecular complexity index is 797. The summed E-state index contributed by atoms with van der Waals surface area (Å²) in [7, 11) is 0. The molecule has 4 rings (SSSR count). The normalized spacial score (nSPS) is 28.2. The molecule has 0 bridgehead atoms. The standard InChI is InChI=1S/C19H20N2O5S/c22-16-14(17-21(16)15(11-27-17)18(23)24)9-13-7-4-8-20(13)19(25)26-10-12-5-2-1-3-6-12/h1-3,5-6,9,13,15,17H,4,7-8,10-11H2,(H,23,24)/t13?,15?,17-/m1/s1. The molecule has 0 radical (unpaired) electrons. The molecule has 3 heterocycles. The average molecular weight is 388 g/mol. The van der Waals surface area contributed by atoms with E-state index in [9.17, 15) is 19.5 Å². The Labute approximate surface area is 161 Å². The van der Waals surface area contributed by atoms with Gasteiger partial charge in [-0.2, -0.15) is 0 Å². The Morgan fingerprint density at radius 3 is 2.81 bits per heavy atom. The lowest BCUT2D eigenvalue weighted by atomic mass is 10.00. The fourth-order valence-electron chi connectivity index (χ4n) is 3.73. The van der Waals surface area contributed by atoms with Gasteiger partial charge < -0.3 is 19.6 Å². The summed E-state index contributed by atoms with van der Waals surface area (Å²) in [6, 6.07) is 8.55. The van der Waals surface area contributed by atoms with Crippen LogP contribution in [0.1, 0.15) is 18.4 Å². The van der Waals surface area contributed by atoms with Crippen LogP contribution in [0.5, 0.6) is 0 Å². The predicted molar refractivity (Wildman–Crippen MR) is 99.0 cm³/mol. The number of hydrogen-bond donors (Lipinski definition) is 1. The third-order valence-corrected chi connectivity index (χ3v) is 6.45. The molecule has 0 saturated carbocycles. The van der Waals surface area contributed by atoms with E-state index in [0.717, 1.165) is 18.4 Å². The van der Waals surface area contributed by atoms with Gasteiger partial charge in [0.25, 0.3) is 5.91 Å². The number of likely N-dealkylation sites (tertiary alicyclic amines) is 1. The number of carboxylic acids is 1. The van der Waals surface area contributed by atoms with E-state index in [2.05, 4.69) is 0 Å². The molecule has 3 fully saturated rings. The summed E-state index contributed by atoms with van der Waals surface area (Å²) in [5.74, 6) is -0.803.